The highest BCUT2D eigenvalue weighted by molar-refractivity contribution is 5.85. The summed E-state index contributed by atoms with van der Waals surface area (Å²) < 4.78 is 0. The molecule has 0 aromatic carbocycles. The maximum atomic E-state index is 11.7. The fourth-order valence-corrected chi connectivity index (χ4v) is 1.56. The van der Waals surface area contributed by atoms with Gasteiger partial charge in [0.15, 0.2) is 5.78 Å². The zero-order chi connectivity index (χ0) is 10.3. The summed E-state index contributed by atoms with van der Waals surface area (Å²) >= 11 is 0. The molecule has 0 rings (SSSR count). The second-order valence-corrected chi connectivity index (χ2v) is 3.66. The number of ketones is 1. The van der Waals surface area contributed by atoms with Crippen LogP contribution in [0.1, 0.15) is 52.9 Å². The van der Waals surface area contributed by atoms with Gasteiger partial charge in [0.05, 0.1) is 6.04 Å². The molecule has 0 spiro atoms. The Hall–Kier alpha value is -0.370. The molecule has 0 saturated carbocycles. The number of Topliss-reactive ketones (excluding diaryl/α,β-unsaturated/α-hetero) is 1. The minimum Gasteiger partial charge on any atom is -0.321 e. The van der Waals surface area contributed by atoms with Crippen LogP contribution in [0, 0.1) is 5.92 Å². The van der Waals surface area contributed by atoms with Crippen molar-refractivity contribution in [2.75, 3.05) is 0 Å². The van der Waals surface area contributed by atoms with Crippen LogP contribution in [0.3, 0.4) is 0 Å². The van der Waals surface area contributed by atoms with Gasteiger partial charge in [0.25, 0.3) is 0 Å². The van der Waals surface area contributed by atoms with Crippen molar-refractivity contribution in [3.8, 4) is 0 Å². The predicted molar refractivity (Wildman–Crippen MR) is 56.6 cm³/mol. The van der Waals surface area contributed by atoms with Crippen molar-refractivity contribution in [3.05, 3.63) is 0 Å². The number of rotatable bonds is 7. The highest BCUT2D eigenvalue weighted by atomic mass is 16.1. The molecule has 0 radical (unpaired) electrons. The molecule has 0 aliphatic heterocycles. The molecule has 0 aromatic rings. The van der Waals surface area contributed by atoms with Gasteiger partial charge in [0.1, 0.15) is 0 Å². The van der Waals surface area contributed by atoms with Crippen molar-refractivity contribution in [1.29, 1.82) is 0 Å². The van der Waals surface area contributed by atoms with Crippen molar-refractivity contribution < 1.29 is 4.79 Å². The molecule has 0 heterocycles. The van der Waals surface area contributed by atoms with Crippen LogP contribution in [0.4, 0.5) is 0 Å². The molecular formula is C11H23NO. The van der Waals surface area contributed by atoms with Crippen LogP contribution in [0.15, 0.2) is 0 Å². The maximum Gasteiger partial charge on any atom is 0.152 e. The van der Waals surface area contributed by atoms with E-state index in [-0.39, 0.29) is 17.7 Å². The van der Waals surface area contributed by atoms with Gasteiger partial charge < -0.3 is 5.73 Å². The first-order chi connectivity index (χ1) is 6.17. The predicted octanol–water partition coefficient (Wildman–Crippen LogP) is 2.51. The number of nitrogens with two attached hydrogens (primary N) is 1. The van der Waals surface area contributed by atoms with E-state index in [2.05, 4.69) is 20.8 Å². The Morgan fingerprint density at radius 1 is 1.23 bits per heavy atom. The van der Waals surface area contributed by atoms with Gasteiger partial charge in [-0.2, -0.15) is 0 Å². The summed E-state index contributed by atoms with van der Waals surface area (Å²) in [4.78, 5) is 11.7. The highest BCUT2D eigenvalue weighted by Crippen LogP contribution is 2.13. The van der Waals surface area contributed by atoms with Crippen LogP contribution in [0.25, 0.3) is 0 Å². The molecule has 1 atom stereocenters. The van der Waals surface area contributed by atoms with Crippen LogP contribution < -0.4 is 5.73 Å². The highest BCUT2D eigenvalue weighted by Gasteiger charge is 2.20. The summed E-state index contributed by atoms with van der Waals surface area (Å²) in [5.41, 5.74) is 5.81. The van der Waals surface area contributed by atoms with E-state index in [1.54, 1.807) is 0 Å². The van der Waals surface area contributed by atoms with Crippen molar-refractivity contribution in [3.63, 3.8) is 0 Å². The lowest BCUT2D eigenvalue weighted by Gasteiger charge is -2.16. The summed E-state index contributed by atoms with van der Waals surface area (Å²) in [6.45, 7) is 6.23. The van der Waals surface area contributed by atoms with Crippen LogP contribution in [-0.4, -0.2) is 11.8 Å². The molecule has 2 N–H and O–H groups in total. The van der Waals surface area contributed by atoms with Gasteiger partial charge in [-0.3, -0.25) is 4.79 Å². The van der Waals surface area contributed by atoms with Gasteiger partial charge in [0, 0.05) is 5.92 Å². The van der Waals surface area contributed by atoms with E-state index in [9.17, 15) is 4.79 Å². The number of hydrogen-bond acceptors (Lipinski definition) is 2. The second-order valence-electron chi connectivity index (χ2n) is 3.66. The second kappa shape index (κ2) is 7.07. The molecule has 0 aliphatic carbocycles. The van der Waals surface area contributed by atoms with Crippen LogP contribution in [-0.2, 0) is 4.79 Å². The summed E-state index contributed by atoms with van der Waals surface area (Å²) in [6, 6.07) is -0.218. The SMILES string of the molecule is CCCCC(N)C(=O)C(CC)CC. The number of carbonyl (C=O) groups excluding carboxylic acids is 1. The molecule has 0 amide bonds. The molecule has 13 heavy (non-hydrogen) atoms. The number of unbranched alkanes of at least 4 members (excludes halogenated alkanes) is 1. The van der Waals surface area contributed by atoms with Crippen molar-refractivity contribution >= 4 is 5.78 Å². The Morgan fingerprint density at radius 2 is 1.77 bits per heavy atom. The summed E-state index contributed by atoms with van der Waals surface area (Å²) in [6.07, 6.45) is 4.88. The third-order valence-electron chi connectivity index (χ3n) is 2.62. The monoisotopic (exact) mass is 185 g/mol. The van der Waals surface area contributed by atoms with Gasteiger partial charge in [0.2, 0.25) is 0 Å². The average molecular weight is 185 g/mol. The molecule has 1 unspecified atom stereocenters. The average Bonchev–Trinajstić information content (AvgIpc) is 2.15. The van der Waals surface area contributed by atoms with Crippen LogP contribution >= 0.6 is 0 Å². The Labute approximate surface area is 81.9 Å². The third kappa shape index (κ3) is 4.41. The van der Waals surface area contributed by atoms with Crippen molar-refractivity contribution in [2.24, 2.45) is 11.7 Å². The molecular weight excluding hydrogens is 162 g/mol. The maximum absolute atomic E-state index is 11.7. The largest absolute Gasteiger partial charge is 0.321 e. The molecule has 0 aromatic heterocycles. The van der Waals surface area contributed by atoms with Gasteiger partial charge in [-0.25, -0.2) is 0 Å². The molecule has 2 nitrogen and oxygen atoms in total. The first-order valence-electron chi connectivity index (χ1n) is 5.46. The zero-order valence-electron chi connectivity index (χ0n) is 9.18. The van der Waals surface area contributed by atoms with Crippen LogP contribution in [0.2, 0.25) is 0 Å². The van der Waals surface area contributed by atoms with E-state index < -0.39 is 0 Å². The van der Waals surface area contributed by atoms with E-state index >= 15 is 0 Å². The van der Waals surface area contributed by atoms with Crippen molar-refractivity contribution in [1.82, 2.24) is 0 Å². The minimum absolute atomic E-state index is 0.187. The van der Waals surface area contributed by atoms with E-state index in [1.807, 2.05) is 0 Å². The van der Waals surface area contributed by atoms with E-state index in [1.165, 1.54) is 0 Å². The fourth-order valence-electron chi connectivity index (χ4n) is 1.56. The number of carbonyl (C=O) groups is 1. The lowest BCUT2D eigenvalue weighted by atomic mass is 9.91. The summed E-state index contributed by atoms with van der Waals surface area (Å²) in [5.74, 6) is 0.449. The normalized spacial score (nSPS) is 13.3. The standard InChI is InChI=1S/C11H23NO/c1-4-7-8-10(12)11(13)9(5-2)6-3/h9-10H,4-8,12H2,1-3H3. The lowest BCUT2D eigenvalue weighted by molar-refractivity contribution is -0.124. The van der Waals surface area contributed by atoms with Gasteiger partial charge in [-0.05, 0) is 19.3 Å². The molecule has 0 saturated heterocycles. The minimum atomic E-state index is -0.218. The van der Waals surface area contributed by atoms with E-state index in [0.717, 1.165) is 32.1 Å². The Bertz CT molecular complexity index is 141. The van der Waals surface area contributed by atoms with Gasteiger partial charge in [-0.15, -0.1) is 0 Å². The quantitative estimate of drug-likeness (QED) is 0.662. The Kier molecular flexibility index (Phi) is 6.87. The topological polar surface area (TPSA) is 43.1 Å². The van der Waals surface area contributed by atoms with Gasteiger partial charge in [-0.1, -0.05) is 33.6 Å². The molecule has 0 bridgehead atoms. The van der Waals surface area contributed by atoms with Crippen LogP contribution in [0.5, 0.6) is 0 Å². The van der Waals surface area contributed by atoms with E-state index in [0.29, 0.717) is 0 Å². The zero-order valence-corrected chi connectivity index (χ0v) is 9.18. The number of hydrogen-bond donors (Lipinski definition) is 1. The van der Waals surface area contributed by atoms with Crippen molar-refractivity contribution in [2.45, 2.75) is 58.9 Å². The third-order valence-corrected chi connectivity index (χ3v) is 2.62. The Morgan fingerprint density at radius 3 is 2.15 bits per heavy atom. The molecule has 0 aliphatic rings. The fraction of sp³-hybridized carbons (Fsp3) is 0.909. The van der Waals surface area contributed by atoms with E-state index in [4.69, 9.17) is 5.73 Å². The molecule has 78 valence electrons. The summed E-state index contributed by atoms with van der Waals surface area (Å²) in [7, 11) is 0. The Balaban J connectivity index is 3.92. The molecule has 2 heteroatoms. The summed E-state index contributed by atoms with van der Waals surface area (Å²) in [5, 5.41) is 0. The molecule has 0 fully saturated rings. The lowest BCUT2D eigenvalue weighted by Crippen LogP contribution is -2.35. The smallest absolute Gasteiger partial charge is 0.152 e. The van der Waals surface area contributed by atoms with Gasteiger partial charge >= 0.3 is 0 Å². The first kappa shape index (κ1) is 12.6. The first-order valence-corrected chi connectivity index (χ1v) is 5.46.